The van der Waals surface area contributed by atoms with Gasteiger partial charge >= 0.3 is 5.97 Å². The molecule has 25 heteroatoms. The van der Waals surface area contributed by atoms with E-state index in [-0.39, 0.29) is 94.6 Å². The van der Waals surface area contributed by atoms with E-state index in [0.29, 0.717) is 98.9 Å². The molecule has 9 N–H and O–H groups in total. The number of hydrogen-bond acceptors (Lipinski definition) is 15. The zero-order chi connectivity index (χ0) is 52.6. The number of carboxylic acid groups (broad SMARTS) is 1. The molecule has 0 saturated heterocycles. The molecule has 1 heterocycles. The van der Waals surface area contributed by atoms with E-state index in [1.807, 2.05) is 0 Å². The highest BCUT2D eigenvalue weighted by molar-refractivity contribution is 6.12. The molecule has 0 saturated carbocycles. The van der Waals surface area contributed by atoms with Crippen molar-refractivity contribution in [2.45, 2.75) is 116 Å². The van der Waals surface area contributed by atoms with Crippen LogP contribution in [-0.2, 0) is 47.9 Å². The lowest BCUT2D eigenvalue weighted by atomic mass is 10.1. The first-order valence-corrected chi connectivity index (χ1v) is 23.7. The summed E-state index contributed by atoms with van der Waals surface area (Å²) in [6.07, 6.45) is 7.38. The van der Waals surface area contributed by atoms with Crippen LogP contribution in [0.5, 0.6) is 5.75 Å². The molecule has 0 radical (unpaired) electrons. The van der Waals surface area contributed by atoms with Crippen LogP contribution in [0.25, 0.3) is 0 Å². The van der Waals surface area contributed by atoms with Crippen LogP contribution >= 0.6 is 0 Å². The fourth-order valence-electron chi connectivity index (χ4n) is 6.62. The number of nitrogens with zero attached hydrogens (tertiary/aromatic N) is 4. The van der Waals surface area contributed by atoms with Crippen molar-refractivity contribution in [2.24, 2.45) is 0 Å². The van der Waals surface area contributed by atoms with Gasteiger partial charge in [-0.15, -0.1) is 0 Å². The Morgan fingerprint density at radius 1 is 0.606 bits per heavy atom. The predicted octanol–water partition coefficient (Wildman–Crippen LogP) is 0.553. The zero-order valence-corrected chi connectivity index (χ0v) is 40.2. The van der Waals surface area contributed by atoms with Gasteiger partial charge in [-0.3, -0.25) is 68.5 Å². The smallest absolute Gasteiger partial charge is 0.326 e. The zero-order valence-electron chi connectivity index (χ0n) is 40.2. The highest BCUT2D eigenvalue weighted by atomic mass is 16.5. The quantitative estimate of drug-likeness (QED) is 0.0190. The summed E-state index contributed by atoms with van der Waals surface area (Å²) in [4.78, 5) is 133. The number of amides is 10. The Balaban J connectivity index is 1.48. The predicted molar refractivity (Wildman–Crippen MR) is 249 cm³/mol. The molecule has 1 atom stereocenters. The van der Waals surface area contributed by atoms with Crippen LogP contribution in [-0.4, -0.2) is 171 Å². The Morgan fingerprint density at radius 2 is 1.11 bits per heavy atom. The van der Waals surface area contributed by atoms with E-state index >= 15 is 0 Å². The number of carbonyl (C=O) groups is 11. The molecular formula is C46H69N9O16. The van der Waals surface area contributed by atoms with Gasteiger partial charge in [0.05, 0.1) is 6.54 Å². The maximum Gasteiger partial charge on any atom is 0.326 e. The number of benzene rings is 1. The summed E-state index contributed by atoms with van der Waals surface area (Å²) in [5.41, 5.74) is 0.113. The van der Waals surface area contributed by atoms with Gasteiger partial charge in [-0.25, -0.2) is 20.0 Å². The maximum atomic E-state index is 12.7. The van der Waals surface area contributed by atoms with Crippen molar-refractivity contribution in [3.8, 4) is 5.75 Å². The van der Waals surface area contributed by atoms with E-state index in [9.17, 15) is 73.5 Å². The fraction of sp³-hybridized carbons (Fsp3) is 0.587. The van der Waals surface area contributed by atoms with Crippen LogP contribution in [0, 0.1) is 0 Å². The van der Waals surface area contributed by atoms with Gasteiger partial charge in [-0.05, 0) is 95.2 Å². The molecule has 10 amide bonds. The Bertz CT molecular complexity index is 1980. The van der Waals surface area contributed by atoms with Crippen LogP contribution in [0.1, 0.15) is 120 Å². The van der Waals surface area contributed by atoms with Crippen molar-refractivity contribution >= 4 is 65.0 Å². The van der Waals surface area contributed by atoms with Crippen molar-refractivity contribution in [1.29, 1.82) is 0 Å². The first-order chi connectivity index (χ1) is 33.9. The third kappa shape index (κ3) is 26.5. The monoisotopic (exact) mass is 1000 g/mol. The fourth-order valence-corrected chi connectivity index (χ4v) is 6.62. The number of rotatable bonds is 37. The van der Waals surface area contributed by atoms with E-state index in [2.05, 4.69) is 26.6 Å². The molecular weight excluding hydrogens is 935 g/mol. The summed E-state index contributed by atoms with van der Waals surface area (Å²) in [5.74, 6) is -6.19. The van der Waals surface area contributed by atoms with E-state index in [1.54, 1.807) is 0 Å². The number of carboxylic acids is 1. The molecule has 0 aromatic heterocycles. The lowest BCUT2D eigenvalue weighted by molar-refractivity contribution is -0.166. The molecule has 0 aliphatic carbocycles. The number of nitrogens with one attached hydrogen (secondary N) is 5. The minimum Gasteiger partial charge on any atom is -0.484 e. The summed E-state index contributed by atoms with van der Waals surface area (Å²) in [6.45, 7) is 1.74. The van der Waals surface area contributed by atoms with E-state index in [1.165, 1.54) is 31.2 Å². The van der Waals surface area contributed by atoms with Gasteiger partial charge < -0.3 is 36.4 Å². The third-order valence-corrected chi connectivity index (χ3v) is 10.7. The van der Waals surface area contributed by atoms with Gasteiger partial charge in [0.2, 0.25) is 35.4 Å². The minimum atomic E-state index is -1.28. The van der Waals surface area contributed by atoms with Crippen molar-refractivity contribution in [3.63, 3.8) is 0 Å². The van der Waals surface area contributed by atoms with Crippen LogP contribution in [0.15, 0.2) is 36.4 Å². The van der Waals surface area contributed by atoms with Crippen LogP contribution in [0.4, 0.5) is 0 Å². The minimum absolute atomic E-state index is 0.0241. The van der Waals surface area contributed by atoms with Gasteiger partial charge in [-0.2, -0.15) is 0 Å². The summed E-state index contributed by atoms with van der Waals surface area (Å²) >= 11 is 0. The average molecular weight is 1000 g/mol. The Kier molecular flexibility index (Phi) is 29.1. The lowest BCUT2D eigenvalue weighted by Crippen LogP contribution is -2.45. The molecule has 71 heavy (non-hydrogen) atoms. The SMILES string of the molecule is CC(=O)N(O)CCCCCNC(=O)CCC(=O)N(O)CCCCCNC(=O)CCC(=O)N(O)CCCCCNC(=O)COc1cccc(C(=O)NCC(=O)NC(CCCCN2C(=O)C=CC2=O)C(=O)O)c1. The van der Waals surface area contributed by atoms with Crippen molar-refractivity contribution in [3.05, 3.63) is 42.0 Å². The largest absolute Gasteiger partial charge is 0.484 e. The van der Waals surface area contributed by atoms with Crippen molar-refractivity contribution < 1.29 is 78.2 Å². The molecule has 1 aromatic rings. The van der Waals surface area contributed by atoms with Crippen molar-refractivity contribution in [1.82, 2.24) is 46.7 Å². The molecule has 0 spiro atoms. The highest BCUT2D eigenvalue weighted by Crippen LogP contribution is 2.14. The molecule has 0 bridgehead atoms. The van der Waals surface area contributed by atoms with E-state index in [0.717, 1.165) is 17.1 Å². The summed E-state index contributed by atoms with van der Waals surface area (Å²) in [5, 5.41) is 53.4. The highest BCUT2D eigenvalue weighted by Gasteiger charge is 2.24. The summed E-state index contributed by atoms with van der Waals surface area (Å²) in [6, 6.07) is 4.59. The topological polar surface area (TPSA) is 351 Å². The first-order valence-electron chi connectivity index (χ1n) is 23.7. The third-order valence-electron chi connectivity index (χ3n) is 10.7. The maximum absolute atomic E-state index is 12.7. The normalized spacial score (nSPS) is 12.1. The number of aliphatic carboxylic acids is 1. The van der Waals surface area contributed by atoms with Crippen LogP contribution < -0.4 is 31.3 Å². The van der Waals surface area contributed by atoms with Crippen LogP contribution in [0.2, 0.25) is 0 Å². The van der Waals surface area contributed by atoms with E-state index < -0.39 is 65.8 Å². The number of hydroxylamine groups is 6. The molecule has 1 aromatic carbocycles. The Hall–Kier alpha value is -6.99. The second-order valence-corrected chi connectivity index (χ2v) is 16.5. The van der Waals surface area contributed by atoms with Gasteiger partial charge in [-0.1, -0.05) is 6.07 Å². The average Bonchev–Trinajstić information content (AvgIpc) is 3.67. The van der Waals surface area contributed by atoms with Crippen molar-refractivity contribution in [2.75, 3.05) is 59.0 Å². The lowest BCUT2D eigenvalue weighted by Gasteiger charge is -2.16. The van der Waals surface area contributed by atoms with Crippen LogP contribution in [0.3, 0.4) is 0 Å². The second-order valence-electron chi connectivity index (χ2n) is 16.5. The number of ether oxygens (including phenoxy) is 1. The molecule has 394 valence electrons. The number of unbranched alkanes of at least 4 members (excludes halogenated alkanes) is 7. The molecule has 1 unspecified atom stereocenters. The standard InChI is InChI=1S/C46H69N9O16/c1-33(56)53(68)27-9-2-6-23-47-37(57)17-19-43(63)54(69)28-10-3-7-24-48-38(58)18-20-44(64)55(70)29-11-4-8-25-49-40(60)32-71-35-15-13-14-34(30-35)45(65)50-31-39(59)51-36(46(66)67)16-5-12-26-52-41(61)21-22-42(52)62/h13-15,21-22,30,36,68-70H,2-12,16-20,23-29,31-32H2,1H3,(H,47,57)(H,48,58)(H,49,60)(H,50,65)(H,51,59)(H,66,67). The van der Waals surface area contributed by atoms with Gasteiger partial charge in [0, 0.05) is 96.1 Å². The molecule has 1 aliphatic rings. The second kappa shape index (κ2) is 34.3. The van der Waals surface area contributed by atoms with E-state index in [4.69, 9.17) is 4.74 Å². The first kappa shape index (κ1) is 60.1. The number of hydrogen-bond donors (Lipinski definition) is 9. The van der Waals surface area contributed by atoms with Gasteiger partial charge in [0.15, 0.2) is 6.61 Å². The Labute approximate surface area is 411 Å². The number of carbonyl (C=O) groups excluding carboxylic acids is 10. The Morgan fingerprint density at radius 3 is 1.62 bits per heavy atom. The molecule has 25 nitrogen and oxygen atoms in total. The van der Waals surface area contributed by atoms with Gasteiger partial charge in [0.25, 0.3) is 23.6 Å². The number of imide groups is 1. The molecule has 2 rings (SSSR count). The van der Waals surface area contributed by atoms with Gasteiger partial charge in [0.1, 0.15) is 11.8 Å². The summed E-state index contributed by atoms with van der Waals surface area (Å²) in [7, 11) is 0. The molecule has 0 fully saturated rings. The molecule has 1 aliphatic heterocycles. The summed E-state index contributed by atoms with van der Waals surface area (Å²) < 4.78 is 5.49.